The molecule has 0 aliphatic heterocycles. The van der Waals surface area contributed by atoms with Crippen LogP contribution in [-0.2, 0) is 0 Å². The smallest absolute Gasteiger partial charge is 0.220 e. The van der Waals surface area contributed by atoms with Crippen molar-refractivity contribution in [3.8, 4) is 22.4 Å². The number of aromatic nitrogens is 4. The van der Waals surface area contributed by atoms with Crippen LogP contribution in [0.4, 0.5) is 0 Å². The van der Waals surface area contributed by atoms with Gasteiger partial charge in [0.1, 0.15) is 6.33 Å². The molecule has 0 aliphatic carbocycles. The van der Waals surface area contributed by atoms with Gasteiger partial charge >= 0.3 is 0 Å². The van der Waals surface area contributed by atoms with Gasteiger partial charge in [-0.25, -0.2) is 4.98 Å². The Bertz CT molecular complexity index is 879. The summed E-state index contributed by atoms with van der Waals surface area (Å²) >= 11 is 0. The molecule has 0 aliphatic rings. The molecule has 2 aromatic carbocycles. The Kier molecular flexibility index (Phi) is 2.71. The number of hydrogen-bond donors (Lipinski definition) is 0. The number of nitrogens with zero attached hydrogens (tertiary/aromatic N) is 4. The Morgan fingerprint density at radius 3 is 2.19 bits per heavy atom. The minimum atomic E-state index is 0.611. The highest BCUT2D eigenvalue weighted by atomic mass is 15.3. The summed E-state index contributed by atoms with van der Waals surface area (Å²) in [6.45, 7) is 0. The predicted molar refractivity (Wildman–Crippen MR) is 81.7 cm³/mol. The van der Waals surface area contributed by atoms with Crippen LogP contribution in [0.2, 0.25) is 0 Å². The molecule has 0 amide bonds. The molecule has 2 heterocycles. The summed E-state index contributed by atoms with van der Waals surface area (Å²) in [6.07, 6.45) is 3.27. The third-order valence-corrected chi connectivity index (χ3v) is 3.47. The fourth-order valence-electron chi connectivity index (χ4n) is 2.42. The van der Waals surface area contributed by atoms with Crippen LogP contribution in [0.1, 0.15) is 0 Å². The van der Waals surface area contributed by atoms with E-state index >= 15 is 0 Å². The molecule has 0 atom stereocenters. The van der Waals surface area contributed by atoms with Gasteiger partial charge in [0, 0.05) is 11.8 Å². The monoisotopic (exact) mass is 272 g/mol. The van der Waals surface area contributed by atoms with E-state index in [1.165, 1.54) is 17.5 Å². The van der Waals surface area contributed by atoms with Crippen molar-refractivity contribution in [2.45, 2.75) is 0 Å². The van der Waals surface area contributed by atoms with Crippen molar-refractivity contribution in [1.29, 1.82) is 0 Å². The van der Waals surface area contributed by atoms with Gasteiger partial charge in [-0.2, -0.15) is 14.6 Å². The molecule has 4 rings (SSSR count). The number of benzene rings is 2. The molecular weight excluding hydrogens is 260 g/mol. The van der Waals surface area contributed by atoms with Crippen molar-refractivity contribution in [2.24, 2.45) is 0 Å². The van der Waals surface area contributed by atoms with Crippen LogP contribution >= 0.6 is 0 Å². The van der Waals surface area contributed by atoms with Crippen molar-refractivity contribution in [2.75, 3.05) is 0 Å². The average molecular weight is 272 g/mol. The summed E-state index contributed by atoms with van der Waals surface area (Å²) < 4.78 is 1.75. The Morgan fingerprint density at radius 2 is 1.38 bits per heavy atom. The van der Waals surface area contributed by atoms with E-state index < -0.39 is 0 Å². The van der Waals surface area contributed by atoms with E-state index in [1.807, 2.05) is 24.3 Å². The zero-order valence-electron chi connectivity index (χ0n) is 11.2. The van der Waals surface area contributed by atoms with Crippen LogP contribution in [-0.4, -0.2) is 19.6 Å². The lowest BCUT2D eigenvalue weighted by Crippen LogP contribution is -1.95. The molecule has 21 heavy (non-hydrogen) atoms. The molecule has 4 nitrogen and oxygen atoms in total. The van der Waals surface area contributed by atoms with Gasteiger partial charge in [-0.15, -0.1) is 0 Å². The van der Waals surface area contributed by atoms with Crippen molar-refractivity contribution in [1.82, 2.24) is 19.6 Å². The molecule has 2 aromatic heterocycles. The summed E-state index contributed by atoms with van der Waals surface area (Å²) in [6, 6.07) is 20.7. The van der Waals surface area contributed by atoms with Gasteiger partial charge in [-0.3, -0.25) is 0 Å². The maximum atomic E-state index is 4.22. The van der Waals surface area contributed by atoms with Crippen LogP contribution in [0.15, 0.2) is 73.2 Å². The second-order valence-corrected chi connectivity index (χ2v) is 4.75. The maximum Gasteiger partial charge on any atom is 0.252 e. The summed E-state index contributed by atoms with van der Waals surface area (Å²) in [5.74, 6) is 0.611. The summed E-state index contributed by atoms with van der Waals surface area (Å²) in [5, 5.41) is 4.22. The molecule has 0 saturated carbocycles. The van der Waals surface area contributed by atoms with Gasteiger partial charge in [-0.1, -0.05) is 54.6 Å². The van der Waals surface area contributed by atoms with E-state index in [0.717, 1.165) is 11.3 Å². The quantitative estimate of drug-likeness (QED) is 0.561. The first kappa shape index (κ1) is 11.8. The zero-order valence-corrected chi connectivity index (χ0v) is 11.2. The number of hydrogen-bond acceptors (Lipinski definition) is 3. The van der Waals surface area contributed by atoms with Crippen molar-refractivity contribution < 1.29 is 0 Å². The lowest BCUT2D eigenvalue weighted by Gasteiger charge is -2.06. The van der Waals surface area contributed by atoms with Crippen LogP contribution in [0, 0.1) is 0 Å². The van der Waals surface area contributed by atoms with Crippen LogP contribution in [0.3, 0.4) is 0 Å². The molecule has 0 fully saturated rings. The highest BCUT2D eigenvalue weighted by Crippen LogP contribution is 2.24. The Morgan fingerprint density at radius 1 is 0.667 bits per heavy atom. The maximum absolute atomic E-state index is 4.22. The predicted octanol–water partition coefficient (Wildman–Crippen LogP) is 3.46. The normalized spacial score (nSPS) is 10.9. The van der Waals surface area contributed by atoms with Gasteiger partial charge in [0.25, 0.3) is 5.78 Å². The Balaban J connectivity index is 1.79. The minimum Gasteiger partial charge on any atom is -0.220 e. The molecule has 0 N–H and O–H groups in total. The third kappa shape index (κ3) is 2.07. The SMILES string of the molecule is c1ccc(-c2ccc(-c3ccnc4ncnn34)cc2)cc1. The average Bonchev–Trinajstić information content (AvgIpc) is 3.04. The topological polar surface area (TPSA) is 43.1 Å². The second-order valence-electron chi connectivity index (χ2n) is 4.75. The highest BCUT2D eigenvalue weighted by Gasteiger charge is 2.06. The van der Waals surface area contributed by atoms with E-state index in [2.05, 4.69) is 51.5 Å². The summed E-state index contributed by atoms with van der Waals surface area (Å²) in [7, 11) is 0. The van der Waals surface area contributed by atoms with E-state index in [9.17, 15) is 0 Å². The van der Waals surface area contributed by atoms with E-state index in [1.54, 1.807) is 10.7 Å². The molecule has 0 radical (unpaired) electrons. The van der Waals surface area contributed by atoms with Crippen molar-refractivity contribution in [3.05, 3.63) is 73.2 Å². The molecule has 0 saturated heterocycles. The van der Waals surface area contributed by atoms with E-state index in [0.29, 0.717) is 5.78 Å². The first-order chi connectivity index (χ1) is 10.4. The van der Waals surface area contributed by atoms with Gasteiger partial charge in [0.15, 0.2) is 0 Å². The molecule has 0 spiro atoms. The summed E-state index contributed by atoms with van der Waals surface area (Å²) in [4.78, 5) is 8.29. The third-order valence-electron chi connectivity index (χ3n) is 3.47. The molecule has 4 heteroatoms. The lowest BCUT2D eigenvalue weighted by molar-refractivity contribution is 0.948. The van der Waals surface area contributed by atoms with Gasteiger partial charge in [-0.05, 0) is 17.2 Å². The van der Waals surface area contributed by atoms with Crippen LogP contribution in [0.5, 0.6) is 0 Å². The Hall–Kier alpha value is -3.01. The lowest BCUT2D eigenvalue weighted by atomic mass is 10.0. The summed E-state index contributed by atoms with van der Waals surface area (Å²) in [5.41, 5.74) is 4.48. The molecule has 0 bridgehead atoms. The van der Waals surface area contributed by atoms with Crippen molar-refractivity contribution in [3.63, 3.8) is 0 Å². The fraction of sp³-hybridized carbons (Fsp3) is 0. The first-order valence-electron chi connectivity index (χ1n) is 6.72. The molecule has 4 aromatic rings. The molecule has 100 valence electrons. The molecule has 0 unspecified atom stereocenters. The largest absolute Gasteiger partial charge is 0.252 e. The van der Waals surface area contributed by atoms with Crippen LogP contribution in [0.25, 0.3) is 28.2 Å². The zero-order chi connectivity index (χ0) is 14.1. The van der Waals surface area contributed by atoms with Gasteiger partial charge < -0.3 is 0 Å². The number of rotatable bonds is 2. The first-order valence-corrected chi connectivity index (χ1v) is 6.72. The second kappa shape index (κ2) is 4.83. The van der Waals surface area contributed by atoms with Crippen molar-refractivity contribution >= 4 is 5.78 Å². The van der Waals surface area contributed by atoms with E-state index in [4.69, 9.17) is 0 Å². The standard InChI is InChI=1S/C17H12N4/c1-2-4-13(5-3-1)14-6-8-15(9-7-14)16-10-11-18-17-19-12-20-21(16)17/h1-12H. The fourth-order valence-corrected chi connectivity index (χ4v) is 2.42. The van der Waals surface area contributed by atoms with Gasteiger partial charge in [0.05, 0.1) is 5.69 Å². The number of fused-ring (bicyclic) bond motifs is 1. The van der Waals surface area contributed by atoms with Crippen LogP contribution < -0.4 is 0 Å². The highest BCUT2D eigenvalue weighted by molar-refractivity contribution is 5.69. The Labute approximate surface area is 121 Å². The molecular formula is C17H12N4. The minimum absolute atomic E-state index is 0.611. The van der Waals surface area contributed by atoms with E-state index in [-0.39, 0.29) is 0 Å². The van der Waals surface area contributed by atoms with Gasteiger partial charge in [0.2, 0.25) is 0 Å².